The van der Waals surface area contributed by atoms with Gasteiger partial charge in [0.25, 0.3) is 0 Å². The minimum atomic E-state index is 0.466. The van der Waals surface area contributed by atoms with Crippen molar-refractivity contribution in [1.29, 1.82) is 0 Å². The van der Waals surface area contributed by atoms with Gasteiger partial charge < -0.3 is 4.57 Å². The smallest absolute Gasteiger partial charge is 0.116 e. The second-order valence-corrected chi connectivity index (χ2v) is 16.6. The van der Waals surface area contributed by atoms with Crippen LogP contribution in [0.15, 0.2) is 164 Å². The Hall–Kier alpha value is -5.40. The number of benzene rings is 7. The summed E-state index contributed by atoms with van der Waals surface area (Å²) in [5, 5.41) is 8.69. The van der Waals surface area contributed by atoms with E-state index >= 15 is 0 Å². The lowest BCUT2D eigenvalue weighted by Crippen LogP contribution is -2.02. The summed E-state index contributed by atoms with van der Waals surface area (Å²) in [6.45, 7) is 8.99. The highest BCUT2D eigenvalue weighted by molar-refractivity contribution is 8.15. The summed E-state index contributed by atoms with van der Waals surface area (Å²) < 4.78 is 5.07. The number of rotatable bonds is 6. The lowest BCUT2D eigenvalue weighted by molar-refractivity contribution is 0.798. The maximum absolute atomic E-state index is 5.53. The van der Waals surface area contributed by atoms with Gasteiger partial charge in [-0.15, -0.1) is 11.3 Å². The predicted molar refractivity (Wildman–Crippen MR) is 232 cm³/mol. The van der Waals surface area contributed by atoms with Crippen molar-refractivity contribution >= 4 is 111 Å². The van der Waals surface area contributed by atoms with Crippen molar-refractivity contribution in [2.24, 2.45) is 9.98 Å². The molecule has 0 fully saturated rings. The average Bonchev–Trinajstić information content (AvgIpc) is 3.86. The van der Waals surface area contributed by atoms with E-state index in [4.69, 9.17) is 9.98 Å². The van der Waals surface area contributed by atoms with E-state index in [0.29, 0.717) is 6.67 Å². The third kappa shape index (κ3) is 5.12. The molecule has 1 aliphatic rings. The number of hydrogen-bond acceptors (Lipinski definition) is 5. The number of hydrogen-bond donors (Lipinski definition) is 0. The van der Waals surface area contributed by atoms with E-state index in [2.05, 4.69) is 165 Å². The highest BCUT2D eigenvalue weighted by atomic mass is 32.2. The molecule has 3 nitrogen and oxygen atoms in total. The molecule has 0 spiro atoms. The molecule has 2 aromatic heterocycles. The average molecular weight is 736 g/mol. The third-order valence-electron chi connectivity index (χ3n) is 10.4. The summed E-state index contributed by atoms with van der Waals surface area (Å²) >= 11 is 5.42. The van der Waals surface area contributed by atoms with E-state index < -0.39 is 0 Å². The summed E-state index contributed by atoms with van der Waals surface area (Å²) in [6, 6.07) is 50.2. The molecule has 53 heavy (non-hydrogen) atoms. The number of aryl methyl sites for hydroxylation is 1. The normalized spacial score (nSPS) is 14.6. The van der Waals surface area contributed by atoms with Crippen molar-refractivity contribution in [3.8, 4) is 0 Å². The standard InChI is InChI=1S/C47H33N3S3/c1-28-15-4-11-23-37(28)51-38-26-14-21-30(29(38)2)44(48-3)42-34-19-8-13-25-40(34)53-47(42)49-27-50-36-22-10-7-18-33(36)41-31-16-5-6-17-32(31)46-43(45(41)50)35-20-9-12-24-39(35)52-46/h4-26H,3,27H2,1-2H3/b44-42-,49-47+. The van der Waals surface area contributed by atoms with Gasteiger partial charge in [0.2, 0.25) is 0 Å². The van der Waals surface area contributed by atoms with Crippen molar-refractivity contribution in [1.82, 2.24) is 4.57 Å². The Balaban J connectivity index is 1.20. The van der Waals surface area contributed by atoms with E-state index in [-0.39, 0.29) is 0 Å². The van der Waals surface area contributed by atoms with Gasteiger partial charge in [-0.25, -0.2) is 0 Å². The van der Waals surface area contributed by atoms with Crippen molar-refractivity contribution < 1.29 is 0 Å². The fraction of sp³-hybridized carbons (Fsp3) is 0.0638. The van der Waals surface area contributed by atoms with Crippen LogP contribution in [0.5, 0.6) is 0 Å². The summed E-state index contributed by atoms with van der Waals surface area (Å²) in [7, 11) is 0. The maximum Gasteiger partial charge on any atom is 0.116 e. The number of aliphatic imine (C=N–C) groups is 2. The first-order valence-corrected chi connectivity index (χ1v) is 20.1. The van der Waals surface area contributed by atoms with Crippen LogP contribution in [0, 0.1) is 13.8 Å². The SMILES string of the molecule is C=N/C(=C1\C(=N/Cn2c3ccccc3c3c4ccccc4c4sc5ccccc5c4c32)Sc2ccccc21)c1cccc(Sc2ccccc2C)c1C. The molecule has 0 aliphatic carbocycles. The van der Waals surface area contributed by atoms with Gasteiger partial charge in [-0.3, -0.25) is 9.98 Å². The van der Waals surface area contributed by atoms with Crippen molar-refractivity contribution in [3.05, 3.63) is 162 Å². The second-order valence-electron chi connectivity index (χ2n) is 13.4. The van der Waals surface area contributed by atoms with Crippen LogP contribution in [0.3, 0.4) is 0 Å². The summed E-state index contributed by atoms with van der Waals surface area (Å²) in [6.07, 6.45) is 0. The molecule has 9 aromatic rings. The Morgan fingerprint density at radius 3 is 2.23 bits per heavy atom. The van der Waals surface area contributed by atoms with Crippen LogP contribution in [0.25, 0.3) is 64.0 Å². The molecule has 7 aromatic carbocycles. The zero-order valence-electron chi connectivity index (χ0n) is 29.3. The van der Waals surface area contributed by atoms with Gasteiger partial charge in [0, 0.05) is 67.7 Å². The van der Waals surface area contributed by atoms with Crippen LogP contribution in [0.2, 0.25) is 0 Å². The van der Waals surface area contributed by atoms with Crippen molar-refractivity contribution in [2.45, 2.75) is 35.2 Å². The van der Waals surface area contributed by atoms with Gasteiger partial charge in [0.05, 0.1) is 16.7 Å². The molecule has 0 amide bonds. The molecule has 0 unspecified atom stereocenters. The Morgan fingerprint density at radius 2 is 1.38 bits per heavy atom. The molecule has 254 valence electrons. The van der Waals surface area contributed by atoms with Gasteiger partial charge in [-0.1, -0.05) is 133 Å². The molecule has 0 saturated heterocycles. The Bertz CT molecular complexity index is 3030. The zero-order valence-corrected chi connectivity index (χ0v) is 31.7. The molecule has 0 N–H and O–H groups in total. The van der Waals surface area contributed by atoms with Gasteiger partial charge in [0.1, 0.15) is 11.7 Å². The van der Waals surface area contributed by atoms with Crippen molar-refractivity contribution in [3.63, 3.8) is 0 Å². The van der Waals surface area contributed by atoms with E-state index in [9.17, 15) is 0 Å². The first kappa shape index (κ1) is 32.3. The van der Waals surface area contributed by atoms with Gasteiger partial charge >= 0.3 is 0 Å². The highest BCUT2D eigenvalue weighted by Crippen LogP contribution is 2.49. The van der Waals surface area contributed by atoms with Crippen LogP contribution in [0.4, 0.5) is 0 Å². The molecular formula is C47H33N3S3. The largest absolute Gasteiger partial charge is 0.320 e. The highest BCUT2D eigenvalue weighted by Gasteiger charge is 2.29. The molecule has 10 rings (SSSR count). The number of fused-ring (bicyclic) bond motifs is 11. The van der Waals surface area contributed by atoms with Crippen LogP contribution < -0.4 is 0 Å². The van der Waals surface area contributed by atoms with Gasteiger partial charge in [0.15, 0.2) is 0 Å². The Labute approximate surface area is 320 Å². The minimum Gasteiger partial charge on any atom is -0.320 e. The number of nitrogens with zero attached hydrogens (tertiary/aromatic N) is 3. The van der Waals surface area contributed by atoms with Gasteiger partial charge in [-0.05, 0) is 67.4 Å². The molecule has 6 heteroatoms. The summed E-state index contributed by atoms with van der Waals surface area (Å²) in [5.41, 5.74) is 9.01. The van der Waals surface area contributed by atoms with Crippen molar-refractivity contribution in [2.75, 3.05) is 0 Å². The molecule has 0 saturated carbocycles. The van der Waals surface area contributed by atoms with Crippen LogP contribution in [0.1, 0.15) is 22.3 Å². The first-order chi connectivity index (χ1) is 26.1. The zero-order chi connectivity index (χ0) is 35.6. The van der Waals surface area contributed by atoms with E-state index in [1.807, 2.05) is 11.3 Å². The first-order valence-electron chi connectivity index (χ1n) is 17.7. The van der Waals surface area contributed by atoms with E-state index in [1.54, 1.807) is 23.5 Å². The van der Waals surface area contributed by atoms with Crippen LogP contribution >= 0.6 is 34.9 Å². The fourth-order valence-electron chi connectivity index (χ4n) is 7.93. The Kier molecular flexibility index (Phi) is 7.87. The molecule has 0 bridgehead atoms. The molecule has 0 atom stereocenters. The lowest BCUT2D eigenvalue weighted by Gasteiger charge is -2.15. The minimum absolute atomic E-state index is 0.466. The van der Waals surface area contributed by atoms with E-state index in [0.717, 1.165) is 27.4 Å². The fourth-order valence-corrected chi connectivity index (χ4v) is 11.3. The van der Waals surface area contributed by atoms with Crippen LogP contribution in [-0.2, 0) is 6.67 Å². The summed E-state index contributed by atoms with van der Waals surface area (Å²) in [4.78, 5) is 14.0. The number of aromatic nitrogens is 1. The molecule has 1 aliphatic heterocycles. The second kappa shape index (κ2) is 12.9. The number of para-hydroxylation sites is 1. The quantitative estimate of drug-likeness (QED) is 0.159. The third-order valence-corrected chi connectivity index (χ3v) is 14.1. The molecule has 0 radical (unpaired) electrons. The molecule has 3 heterocycles. The van der Waals surface area contributed by atoms with Crippen LogP contribution in [-0.4, -0.2) is 16.3 Å². The molecular weight excluding hydrogens is 703 g/mol. The number of thiophene rings is 1. The predicted octanol–water partition coefficient (Wildman–Crippen LogP) is 13.8. The Morgan fingerprint density at radius 1 is 0.679 bits per heavy atom. The summed E-state index contributed by atoms with van der Waals surface area (Å²) in [5.74, 6) is 0. The van der Waals surface area contributed by atoms with E-state index in [1.165, 1.54) is 78.6 Å². The number of thioether (sulfide) groups is 1. The topological polar surface area (TPSA) is 29.6 Å². The monoisotopic (exact) mass is 735 g/mol. The van der Waals surface area contributed by atoms with Gasteiger partial charge in [-0.2, -0.15) is 0 Å². The lowest BCUT2D eigenvalue weighted by atomic mass is 9.97. The maximum atomic E-state index is 5.53.